The molecule has 0 aliphatic carbocycles. The zero-order chi connectivity index (χ0) is 9.10. The second kappa shape index (κ2) is 3.40. The van der Waals surface area contributed by atoms with E-state index in [1.165, 1.54) is 11.3 Å². The summed E-state index contributed by atoms with van der Waals surface area (Å²) in [4.78, 5) is 0. The number of benzene rings is 1. The van der Waals surface area contributed by atoms with Crippen molar-refractivity contribution in [1.29, 1.82) is 0 Å². The zero-order valence-electron chi connectivity index (χ0n) is 6.68. The third-order valence-corrected chi connectivity index (χ3v) is 1.99. The molecule has 2 rings (SSSR count). The maximum Gasteiger partial charge on any atom is 0.299 e. The SMILES string of the molecule is Nc1ccc(Oc2nncs2)cc1. The van der Waals surface area contributed by atoms with Gasteiger partial charge in [0.25, 0.3) is 5.19 Å². The highest BCUT2D eigenvalue weighted by Crippen LogP contribution is 2.22. The standard InChI is InChI=1S/C8H7N3OS/c9-6-1-3-7(4-2-6)12-8-11-10-5-13-8/h1-5H,9H2. The third kappa shape index (κ3) is 1.94. The van der Waals surface area contributed by atoms with Gasteiger partial charge in [0.1, 0.15) is 11.3 Å². The van der Waals surface area contributed by atoms with Gasteiger partial charge in [0, 0.05) is 5.69 Å². The number of anilines is 1. The van der Waals surface area contributed by atoms with Crippen molar-refractivity contribution in [2.45, 2.75) is 0 Å². The Balaban J connectivity index is 2.15. The van der Waals surface area contributed by atoms with Gasteiger partial charge < -0.3 is 10.5 Å². The Kier molecular flexibility index (Phi) is 2.09. The van der Waals surface area contributed by atoms with Gasteiger partial charge in [-0.1, -0.05) is 16.4 Å². The van der Waals surface area contributed by atoms with Gasteiger partial charge in [-0.25, -0.2) is 0 Å². The summed E-state index contributed by atoms with van der Waals surface area (Å²) in [7, 11) is 0. The molecule has 13 heavy (non-hydrogen) atoms. The number of hydrogen-bond acceptors (Lipinski definition) is 5. The fourth-order valence-corrected chi connectivity index (χ4v) is 1.27. The van der Waals surface area contributed by atoms with Crippen LogP contribution in [0.2, 0.25) is 0 Å². The summed E-state index contributed by atoms with van der Waals surface area (Å²) in [6, 6.07) is 7.13. The van der Waals surface area contributed by atoms with Crippen LogP contribution < -0.4 is 10.5 Å². The Morgan fingerprint density at radius 1 is 1.23 bits per heavy atom. The average Bonchev–Trinajstić information content (AvgIpc) is 2.62. The number of nitrogens with zero attached hydrogens (tertiary/aromatic N) is 2. The van der Waals surface area contributed by atoms with Gasteiger partial charge in [0.15, 0.2) is 0 Å². The lowest BCUT2D eigenvalue weighted by molar-refractivity contribution is 0.473. The van der Waals surface area contributed by atoms with E-state index in [4.69, 9.17) is 10.5 Å². The van der Waals surface area contributed by atoms with Gasteiger partial charge in [-0.2, -0.15) is 0 Å². The molecule has 0 aliphatic rings. The van der Waals surface area contributed by atoms with E-state index in [2.05, 4.69) is 10.2 Å². The van der Waals surface area contributed by atoms with Crippen LogP contribution in [0.5, 0.6) is 10.9 Å². The predicted molar refractivity (Wildman–Crippen MR) is 50.8 cm³/mol. The van der Waals surface area contributed by atoms with Crippen LogP contribution in [0.3, 0.4) is 0 Å². The maximum absolute atomic E-state index is 5.52. The Morgan fingerprint density at radius 2 is 2.00 bits per heavy atom. The second-order valence-corrected chi connectivity index (χ2v) is 3.17. The van der Waals surface area contributed by atoms with E-state index < -0.39 is 0 Å². The lowest BCUT2D eigenvalue weighted by Crippen LogP contribution is -1.85. The number of aromatic nitrogens is 2. The molecule has 0 aliphatic heterocycles. The van der Waals surface area contributed by atoms with Crippen molar-refractivity contribution in [3.05, 3.63) is 29.8 Å². The largest absolute Gasteiger partial charge is 0.430 e. The number of ether oxygens (including phenoxy) is 1. The summed E-state index contributed by atoms with van der Waals surface area (Å²) >= 11 is 1.35. The number of nitrogen functional groups attached to an aromatic ring is 1. The fraction of sp³-hybridized carbons (Fsp3) is 0. The van der Waals surface area contributed by atoms with Gasteiger partial charge >= 0.3 is 0 Å². The summed E-state index contributed by atoms with van der Waals surface area (Å²) in [5, 5.41) is 7.94. The van der Waals surface area contributed by atoms with Crippen LogP contribution in [0.1, 0.15) is 0 Å². The van der Waals surface area contributed by atoms with Crippen LogP contribution in [0.15, 0.2) is 29.8 Å². The molecular formula is C8H7N3OS. The maximum atomic E-state index is 5.52. The fourth-order valence-electron chi connectivity index (χ4n) is 0.844. The zero-order valence-corrected chi connectivity index (χ0v) is 7.49. The Bertz CT molecular complexity index is 371. The van der Waals surface area contributed by atoms with Gasteiger partial charge in [0.2, 0.25) is 0 Å². The minimum Gasteiger partial charge on any atom is -0.430 e. The number of hydrogen-bond donors (Lipinski definition) is 1. The molecule has 2 N–H and O–H groups in total. The highest BCUT2D eigenvalue weighted by Gasteiger charge is 1.98. The molecule has 0 saturated carbocycles. The van der Waals surface area contributed by atoms with Crippen molar-refractivity contribution < 1.29 is 4.74 Å². The van der Waals surface area contributed by atoms with Crippen LogP contribution in [0.25, 0.3) is 0 Å². The molecule has 1 heterocycles. The van der Waals surface area contributed by atoms with E-state index in [1.807, 2.05) is 0 Å². The van der Waals surface area contributed by atoms with Gasteiger partial charge in [0.05, 0.1) is 0 Å². The van der Waals surface area contributed by atoms with Crippen molar-refractivity contribution in [1.82, 2.24) is 10.2 Å². The molecule has 0 spiro atoms. The molecule has 4 nitrogen and oxygen atoms in total. The van der Waals surface area contributed by atoms with Crippen LogP contribution in [-0.2, 0) is 0 Å². The molecular weight excluding hydrogens is 186 g/mol. The summed E-state index contributed by atoms with van der Waals surface area (Å²) in [5.74, 6) is 0.714. The lowest BCUT2D eigenvalue weighted by atomic mass is 10.3. The molecule has 66 valence electrons. The predicted octanol–water partition coefficient (Wildman–Crippen LogP) is 1.91. The molecule has 0 unspecified atom stereocenters. The second-order valence-electron chi connectivity index (χ2n) is 2.38. The topological polar surface area (TPSA) is 61.0 Å². The summed E-state index contributed by atoms with van der Waals surface area (Å²) in [6.07, 6.45) is 0. The van der Waals surface area contributed by atoms with Crippen LogP contribution in [0.4, 0.5) is 5.69 Å². The molecule has 2 aromatic rings. The monoisotopic (exact) mass is 193 g/mol. The molecule has 1 aromatic carbocycles. The minimum atomic E-state index is 0.532. The molecule has 0 fully saturated rings. The first kappa shape index (κ1) is 8.00. The van der Waals surface area contributed by atoms with E-state index >= 15 is 0 Å². The first-order valence-corrected chi connectivity index (χ1v) is 4.52. The van der Waals surface area contributed by atoms with Gasteiger partial charge in [-0.15, -0.1) is 5.10 Å². The molecule has 0 radical (unpaired) electrons. The van der Waals surface area contributed by atoms with Gasteiger partial charge in [-0.3, -0.25) is 0 Å². The molecule has 0 amide bonds. The highest BCUT2D eigenvalue weighted by atomic mass is 32.1. The minimum absolute atomic E-state index is 0.532. The van der Waals surface area contributed by atoms with Gasteiger partial charge in [-0.05, 0) is 24.3 Å². The van der Waals surface area contributed by atoms with Crippen LogP contribution in [-0.4, -0.2) is 10.2 Å². The van der Waals surface area contributed by atoms with Crippen LogP contribution in [0, 0.1) is 0 Å². The summed E-state index contributed by atoms with van der Waals surface area (Å²) in [5.41, 5.74) is 7.85. The highest BCUT2D eigenvalue weighted by molar-refractivity contribution is 7.11. The van der Waals surface area contributed by atoms with E-state index in [0.29, 0.717) is 16.6 Å². The van der Waals surface area contributed by atoms with E-state index in [9.17, 15) is 0 Å². The first-order valence-electron chi connectivity index (χ1n) is 3.64. The molecule has 0 bridgehead atoms. The van der Waals surface area contributed by atoms with E-state index in [0.717, 1.165) is 0 Å². The van der Waals surface area contributed by atoms with Crippen molar-refractivity contribution >= 4 is 17.0 Å². The Labute approximate surface area is 79.0 Å². The summed E-state index contributed by atoms with van der Waals surface area (Å²) < 4.78 is 5.36. The van der Waals surface area contributed by atoms with Crippen molar-refractivity contribution in [2.75, 3.05) is 5.73 Å². The normalized spacial score (nSPS) is 9.85. The van der Waals surface area contributed by atoms with E-state index in [-0.39, 0.29) is 0 Å². The first-order chi connectivity index (χ1) is 6.34. The molecule has 0 saturated heterocycles. The lowest BCUT2D eigenvalue weighted by Gasteiger charge is -1.99. The smallest absolute Gasteiger partial charge is 0.299 e. The molecule has 1 aromatic heterocycles. The quantitative estimate of drug-likeness (QED) is 0.740. The average molecular weight is 193 g/mol. The Hall–Kier alpha value is -1.62. The molecule has 0 atom stereocenters. The van der Waals surface area contributed by atoms with Crippen LogP contribution >= 0.6 is 11.3 Å². The summed E-state index contributed by atoms with van der Waals surface area (Å²) in [6.45, 7) is 0. The van der Waals surface area contributed by atoms with Crippen molar-refractivity contribution in [3.8, 4) is 10.9 Å². The van der Waals surface area contributed by atoms with Crippen molar-refractivity contribution in [3.63, 3.8) is 0 Å². The van der Waals surface area contributed by atoms with E-state index in [1.54, 1.807) is 29.8 Å². The number of rotatable bonds is 2. The number of nitrogens with two attached hydrogens (primary N) is 1. The van der Waals surface area contributed by atoms with Crippen molar-refractivity contribution in [2.24, 2.45) is 0 Å². The molecule has 5 heteroatoms. The third-order valence-electron chi connectivity index (χ3n) is 1.43. The Morgan fingerprint density at radius 3 is 2.62 bits per heavy atom.